The second-order valence-electron chi connectivity index (χ2n) is 4.50. The van der Waals surface area contributed by atoms with Crippen molar-refractivity contribution in [3.8, 4) is 0 Å². The first kappa shape index (κ1) is 12.8. The van der Waals surface area contributed by atoms with E-state index in [0.717, 1.165) is 10.8 Å². The Labute approximate surface area is 111 Å². The minimum absolute atomic E-state index is 0.306. The number of rotatable bonds is 3. The Morgan fingerprint density at radius 2 is 2.00 bits per heavy atom. The molecule has 0 aliphatic carbocycles. The fourth-order valence-electron chi connectivity index (χ4n) is 1.64. The van der Waals surface area contributed by atoms with Gasteiger partial charge in [-0.2, -0.15) is 0 Å². The van der Waals surface area contributed by atoms with E-state index in [9.17, 15) is 4.79 Å². The van der Waals surface area contributed by atoms with Crippen LogP contribution < -0.4 is 0 Å². The Bertz CT molecular complexity index is 581. The molecule has 0 unspecified atom stereocenters. The van der Waals surface area contributed by atoms with Crippen molar-refractivity contribution in [1.82, 2.24) is 4.98 Å². The molecule has 3 nitrogen and oxygen atoms in total. The summed E-state index contributed by atoms with van der Waals surface area (Å²) in [6.45, 7) is 4.38. The van der Waals surface area contributed by atoms with Crippen molar-refractivity contribution in [2.24, 2.45) is 5.92 Å². The molecule has 4 heteroatoms. The molecule has 0 saturated carbocycles. The minimum Gasteiger partial charge on any atom is -0.462 e. The van der Waals surface area contributed by atoms with E-state index in [2.05, 4.69) is 4.98 Å². The van der Waals surface area contributed by atoms with Crippen LogP contribution in [0.25, 0.3) is 10.8 Å². The number of hydrogen-bond acceptors (Lipinski definition) is 3. The molecule has 2 aromatic rings. The Morgan fingerprint density at radius 3 is 2.67 bits per heavy atom. The molecule has 2 rings (SSSR count). The van der Waals surface area contributed by atoms with Gasteiger partial charge in [0.15, 0.2) is 0 Å². The molecule has 94 valence electrons. The van der Waals surface area contributed by atoms with Crippen molar-refractivity contribution < 1.29 is 9.53 Å². The maximum Gasteiger partial charge on any atom is 0.340 e. The predicted octanol–water partition coefficient (Wildman–Crippen LogP) is 3.70. The van der Waals surface area contributed by atoms with E-state index < -0.39 is 0 Å². The molecule has 1 heterocycles. The second kappa shape index (κ2) is 5.36. The van der Waals surface area contributed by atoms with Crippen molar-refractivity contribution in [2.75, 3.05) is 6.61 Å². The van der Waals surface area contributed by atoms with Gasteiger partial charge in [-0.3, -0.25) is 0 Å². The standard InChI is InChI=1S/C14H14ClNO2/c1-9(2)8-18-14(17)12-7-16-13(15)11-6-4-3-5-10(11)12/h3-7,9H,8H2,1-2H3. The van der Waals surface area contributed by atoms with Crippen molar-refractivity contribution in [1.29, 1.82) is 0 Å². The number of aromatic nitrogens is 1. The van der Waals surface area contributed by atoms with Crippen molar-refractivity contribution in [3.05, 3.63) is 41.2 Å². The number of nitrogens with zero attached hydrogens (tertiary/aromatic N) is 1. The number of carbonyl (C=O) groups excluding carboxylic acids is 1. The van der Waals surface area contributed by atoms with Gasteiger partial charge in [0.1, 0.15) is 5.15 Å². The van der Waals surface area contributed by atoms with Gasteiger partial charge in [0.05, 0.1) is 12.2 Å². The third-order valence-corrected chi connectivity index (χ3v) is 2.82. The predicted molar refractivity (Wildman–Crippen MR) is 71.9 cm³/mol. The van der Waals surface area contributed by atoms with Crippen LogP contribution in [-0.4, -0.2) is 17.6 Å². The Balaban J connectivity index is 2.39. The van der Waals surface area contributed by atoms with Gasteiger partial charge in [0.25, 0.3) is 0 Å². The van der Waals surface area contributed by atoms with E-state index in [1.807, 2.05) is 38.1 Å². The summed E-state index contributed by atoms with van der Waals surface area (Å²) >= 11 is 6.00. The third-order valence-electron chi connectivity index (χ3n) is 2.51. The van der Waals surface area contributed by atoms with E-state index in [4.69, 9.17) is 16.3 Å². The van der Waals surface area contributed by atoms with Crippen molar-refractivity contribution in [2.45, 2.75) is 13.8 Å². The highest BCUT2D eigenvalue weighted by molar-refractivity contribution is 6.34. The van der Waals surface area contributed by atoms with Crippen molar-refractivity contribution in [3.63, 3.8) is 0 Å². The molecular formula is C14H14ClNO2. The molecule has 0 aliphatic heterocycles. The van der Waals surface area contributed by atoms with Crippen LogP contribution in [-0.2, 0) is 4.74 Å². The van der Waals surface area contributed by atoms with Crippen LogP contribution >= 0.6 is 11.6 Å². The third kappa shape index (κ3) is 2.62. The molecule has 0 fully saturated rings. The molecule has 0 amide bonds. The second-order valence-corrected chi connectivity index (χ2v) is 4.86. The lowest BCUT2D eigenvalue weighted by Crippen LogP contribution is -2.11. The number of esters is 1. The summed E-state index contributed by atoms with van der Waals surface area (Å²) in [6.07, 6.45) is 1.47. The molecule has 0 aliphatic rings. The molecule has 0 spiro atoms. The summed E-state index contributed by atoms with van der Waals surface area (Å²) in [5.41, 5.74) is 0.454. The maximum absolute atomic E-state index is 12.0. The highest BCUT2D eigenvalue weighted by Gasteiger charge is 2.14. The fraction of sp³-hybridized carbons (Fsp3) is 0.286. The van der Waals surface area contributed by atoms with Gasteiger partial charge >= 0.3 is 5.97 Å². The molecule has 1 aromatic carbocycles. The lowest BCUT2D eigenvalue weighted by Gasteiger charge is -2.09. The fourth-order valence-corrected chi connectivity index (χ4v) is 1.85. The quantitative estimate of drug-likeness (QED) is 0.626. The van der Waals surface area contributed by atoms with Crippen LogP contribution in [0.2, 0.25) is 5.15 Å². The molecule has 18 heavy (non-hydrogen) atoms. The summed E-state index contributed by atoms with van der Waals surface area (Å²) in [6, 6.07) is 7.40. The van der Waals surface area contributed by atoms with Gasteiger partial charge in [-0.25, -0.2) is 9.78 Å². The highest BCUT2D eigenvalue weighted by Crippen LogP contribution is 2.24. The van der Waals surface area contributed by atoms with Crippen LogP contribution in [0.1, 0.15) is 24.2 Å². The number of carbonyl (C=O) groups is 1. The summed E-state index contributed by atoms with van der Waals surface area (Å²) in [7, 11) is 0. The first-order valence-electron chi connectivity index (χ1n) is 5.80. The van der Waals surface area contributed by atoms with Crippen molar-refractivity contribution >= 4 is 28.3 Å². The van der Waals surface area contributed by atoms with E-state index in [-0.39, 0.29) is 5.97 Å². The minimum atomic E-state index is -0.357. The SMILES string of the molecule is CC(C)COC(=O)c1cnc(Cl)c2ccccc12. The molecule has 0 N–H and O–H groups in total. The molecule has 0 atom stereocenters. The molecular weight excluding hydrogens is 250 g/mol. The van der Waals surface area contributed by atoms with Crippen LogP contribution in [0.5, 0.6) is 0 Å². The average Bonchev–Trinajstić information content (AvgIpc) is 2.37. The molecule has 0 saturated heterocycles. The number of hydrogen-bond donors (Lipinski definition) is 0. The van der Waals surface area contributed by atoms with Gasteiger partial charge in [0, 0.05) is 17.0 Å². The highest BCUT2D eigenvalue weighted by atomic mass is 35.5. The lowest BCUT2D eigenvalue weighted by atomic mass is 10.1. The summed E-state index contributed by atoms with van der Waals surface area (Å²) in [5, 5.41) is 1.93. The number of fused-ring (bicyclic) bond motifs is 1. The van der Waals surface area contributed by atoms with E-state index in [1.54, 1.807) is 0 Å². The topological polar surface area (TPSA) is 39.2 Å². The number of pyridine rings is 1. The van der Waals surface area contributed by atoms with E-state index in [0.29, 0.717) is 23.2 Å². The summed E-state index contributed by atoms with van der Waals surface area (Å²) in [4.78, 5) is 16.0. The molecule has 0 radical (unpaired) electrons. The van der Waals surface area contributed by atoms with E-state index >= 15 is 0 Å². The zero-order valence-electron chi connectivity index (χ0n) is 10.3. The lowest BCUT2D eigenvalue weighted by molar-refractivity contribution is 0.0461. The number of benzene rings is 1. The molecule has 1 aromatic heterocycles. The zero-order valence-corrected chi connectivity index (χ0v) is 11.1. The molecule has 0 bridgehead atoms. The van der Waals surface area contributed by atoms with Crippen LogP contribution in [0.4, 0.5) is 0 Å². The van der Waals surface area contributed by atoms with Gasteiger partial charge in [-0.15, -0.1) is 0 Å². The summed E-state index contributed by atoms with van der Waals surface area (Å²) in [5.74, 6) is -0.0514. The monoisotopic (exact) mass is 263 g/mol. The number of ether oxygens (including phenoxy) is 1. The van der Waals surface area contributed by atoms with Crippen LogP contribution in [0.3, 0.4) is 0 Å². The number of halogens is 1. The van der Waals surface area contributed by atoms with Gasteiger partial charge in [0.2, 0.25) is 0 Å². The van der Waals surface area contributed by atoms with Crippen LogP contribution in [0.15, 0.2) is 30.5 Å². The Morgan fingerprint density at radius 1 is 1.33 bits per heavy atom. The first-order chi connectivity index (χ1) is 8.59. The maximum atomic E-state index is 12.0. The van der Waals surface area contributed by atoms with Crippen LogP contribution in [0, 0.1) is 5.92 Å². The van der Waals surface area contributed by atoms with Gasteiger partial charge in [-0.05, 0) is 5.92 Å². The Kier molecular flexibility index (Phi) is 3.82. The zero-order chi connectivity index (χ0) is 13.1. The average molecular weight is 264 g/mol. The van der Waals surface area contributed by atoms with Gasteiger partial charge < -0.3 is 4.74 Å². The summed E-state index contributed by atoms with van der Waals surface area (Å²) < 4.78 is 5.22. The first-order valence-corrected chi connectivity index (χ1v) is 6.17. The Hall–Kier alpha value is -1.61. The normalized spacial score (nSPS) is 10.9. The smallest absolute Gasteiger partial charge is 0.340 e. The van der Waals surface area contributed by atoms with E-state index in [1.165, 1.54) is 6.20 Å². The largest absolute Gasteiger partial charge is 0.462 e. The van der Waals surface area contributed by atoms with Gasteiger partial charge in [-0.1, -0.05) is 49.7 Å².